The van der Waals surface area contributed by atoms with Gasteiger partial charge in [-0.1, -0.05) is 6.42 Å². The molecule has 2 saturated carbocycles. The van der Waals surface area contributed by atoms with E-state index < -0.39 is 28.8 Å². The Morgan fingerprint density at radius 3 is 2.36 bits per heavy atom. The standard InChI is InChI=1S/C9H13NO4/c10-9(7(13)14)3-1-2-8(9)4-5(8)6(11)12/h5H,1-4,10H2,(H,11,12)(H,13,14)/t5?,8?,9-/m1/s1. The molecule has 1 spiro atoms. The lowest BCUT2D eigenvalue weighted by molar-refractivity contribution is -0.146. The quantitative estimate of drug-likeness (QED) is 0.583. The monoisotopic (exact) mass is 199 g/mol. The van der Waals surface area contributed by atoms with E-state index in [0.29, 0.717) is 25.7 Å². The normalized spacial score (nSPS) is 45.4. The van der Waals surface area contributed by atoms with Crippen molar-refractivity contribution in [2.24, 2.45) is 17.1 Å². The highest BCUT2D eigenvalue weighted by molar-refractivity contribution is 5.85. The lowest BCUT2D eigenvalue weighted by Crippen LogP contribution is -2.53. The van der Waals surface area contributed by atoms with Crippen molar-refractivity contribution in [3.8, 4) is 0 Å². The first kappa shape index (κ1) is 9.45. The van der Waals surface area contributed by atoms with Crippen LogP contribution < -0.4 is 5.73 Å². The fourth-order valence-electron chi connectivity index (χ4n) is 2.87. The van der Waals surface area contributed by atoms with Crippen LogP contribution in [0.5, 0.6) is 0 Å². The average Bonchev–Trinajstić information content (AvgIpc) is 2.70. The maximum Gasteiger partial charge on any atom is 0.324 e. The van der Waals surface area contributed by atoms with Crippen LogP contribution in [0.4, 0.5) is 0 Å². The van der Waals surface area contributed by atoms with Gasteiger partial charge in [0.2, 0.25) is 0 Å². The Kier molecular flexibility index (Phi) is 1.67. The minimum atomic E-state index is -1.31. The van der Waals surface area contributed by atoms with Crippen LogP contribution in [0.2, 0.25) is 0 Å². The van der Waals surface area contributed by atoms with Gasteiger partial charge in [-0.05, 0) is 19.3 Å². The van der Waals surface area contributed by atoms with Crippen LogP contribution in [-0.2, 0) is 9.59 Å². The highest BCUT2D eigenvalue weighted by Gasteiger charge is 2.72. The van der Waals surface area contributed by atoms with Gasteiger partial charge in [-0.25, -0.2) is 0 Å². The summed E-state index contributed by atoms with van der Waals surface area (Å²) in [5.74, 6) is -2.52. The first-order valence-corrected chi connectivity index (χ1v) is 4.69. The van der Waals surface area contributed by atoms with E-state index in [-0.39, 0.29) is 0 Å². The number of rotatable bonds is 2. The summed E-state index contributed by atoms with van der Waals surface area (Å²) in [6, 6.07) is 0. The number of carboxylic acids is 2. The van der Waals surface area contributed by atoms with Crippen molar-refractivity contribution in [3.63, 3.8) is 0 Å². The van der Waals surface area contributed by atoms with E-state index >= 15 is 0 Å². The van der Waals surface area contributed by atoms with Gasteiger partial charge in [0.05, 0.1) is 5.92 Å². The fraction of sp³-hybridized carbons (Fsp3) is 0.778. The van der Waals surface area contributed by atoms with E-state index in [1.807, 2.05) is 0 Å². The van der Waals surface area contributed by atoms with Crippen molar-refractivity contribution in [2.75, 3.05) is 0 Å². The molecule has 4 N–H and O–H groups in total. The molecule has 0 radical (unpaired) electrons. The lowest BCUT2D eigenvalue weighted by atomic mass is 9.83. The van der Waals surface area contributed by atoms with Crippen LogP contribution in [-0.4, -0.2) is 27.7 Å². The molecule has 0 bridgehead atoms. The first-order valence-electron chi connectivity index (χ1n) is 4.69. The van der Waals surface area contributed by atoms with Crippen molar-refractivity contribution < 1.29 is 19.8 Å². The summed E-state index contributed by atoms with van der Waals surface area (Å²) in [5, 5.41) is 17.9. The molecule has 0 heterocycles. The molecule has 0 saturated heterocycles. The number of nitrogens with two attached hydrogens (primary N) is 1. The second-order valence-electron chi connectivity index (χ2n) is 4.38. The minimum absolute atomic E-state index is 0.395. The predicted octanol–water partition coefficient (Wildman–Crippen LogP) is 0.0433. The smallest absolute Gasteiger partial charge is 0.324 e. The lowest BCUT2D eigenvalue weighted by Gasteiger charge is -2.27. The first-order chi connectivity index (χ1) is 6.44. The molecule has 0 aromatic carbocycles. The summed E-state index contributed by atoms with van der Waals surface area (Å²) in [7, 11) is 0. The van der Waals surface area contributed by atoms with Gasteiger partial charge in [0.1, 0.15) is 5.54 Å². The van der Waals surface area contributed by atoms with Crippen molar-refractivity contribution in [3.05, 3.63) is 0 Å². The molecule has 2 rings (SSSR count). The molecule has 78 valence electrons. The Labute approximate surface area is 80.9 Å². The summed E-state index contributed by atoms with van der Waals surface area (Å²) < 4.78 is 0. The van der Waals surface area contributed by atoms with Gasteiger partial charge in [0, 0.05) is 5.41 Å². The Balaban J connectivity index is 2.30. The summed E-state index contributed by atoms with van der Waals surface area (Å²) in [6.07, 6.45) is 2.16. The zero-order valence-corrected chi connectivity index (χ0v) is 7.69. The minimum Gasteiger partial charge on any atom is -0.481 e. The molecule has 0 aromatic rings. The molecular weight excluding hydrogens is 186 g/mol. The van der Waals surface area contributed by atoms with E-state index in [1.54, 1.807) is 0 Å². The summed E-state index contributed by atoms with van der Waals surface area (Å²) in [5.41, 5.74) is 3.84. The van der Waals surface area contributed by atoms with Crippen LogP contribution >= 0.6 is 0 Å². The third kappa shape index (κ3) is 0.877. The molecule has 5 nitrogen and oxygen atoms in total. The topological polar surface area (TPSA) is 101 Å². The second-order valence-corrected chi connectivity index (χ2v) is 4.38. The van der Waals surface area contributed by atoms with Crippen LogP contribution in [0.25, 0.3) is 0 Å². The highest BCUT2D eigenvalue weighted by atomic mass is 16.4. The van der Waals surface area contributed by atoms with Gasteiger partial charge in [0.25, 0.3) is 0 Å². The zero-order chi connectivity index (χ0) is 10.6. The maximum atomic E-state index is 11.0. The average molecular weight is 199 g/mol. The maximum absolute atomic E-state index is 11.0. The largest absolute Gasteiger partial charge is 0.481 e. The molecule has 3 atom stereocenters. The molecule has 2 fully saturated rings. The van der Waals surface area contributed by atoms with Crippen LogP contribution in [0.15, 0.2) is 0 Å². The number of carbonyl (C=O) groups is 2. The third-order valence-corrected chi connectivity index (χ3v) is 3.84. The van der Waals surface area contributed by atoms with Crippen LogP contribution in [0, 0.1) is 11.3 Å². The van der Waals surface area contributed by atoms with Crippen molar-refractivity contribution in [1.29, 1.82) is 0 Å². The number of hydrogen-bond donors (Lipinski definition) is 3. The van der Waals surface area contributed by atoms with Crippen LogP contribution in [0.1, 0.15) is 25.7 Å². The summed E-state index contributed by atoms with van der Waals surface area (Å²) in [4.78, 5) is 21.8. The van der Waals surface area contributed by atoms with Crippen molar-refractivity contribution in [2.45, 2.75) is 31.2 Å². The highest BCUT2D eigenvalue weighted by Crippen LogP contribution is 2.66. The van der Waals surface area contributed by atoms with Crippen molar-refractivity contribution >= 4 is 11.9 Å². The van der Waals surface area contributed by atoms with E-state index in [2.05, 4.69) is 0 Å². The van der Waals surface area contributed by atoms with Gasteiger partial charge in [-0.2, -0.15) is 0 Å². The van der Waals surface area contributed by atoms with Gasteiger partial charge in [-0.3, -0.25) is 9.59 Å². The molecule has 14 heavy (non-hydrogen) atoms. The molecule has 5 heteroatoms. The fourth-order valence-corrected chi connectivity index (χ4v) is 2.87. The van der Waals surface area contributed by atoms with Gasteiger partial charge in [-0.15, -0.1) is 0 Å². The molecule has 0 aliphatic heterocycles. The Morgan fingerprint density at radius 2 is 1.93 bits per heavy atom. The molecule has 2 aliphatic rings. The molecule has 0 amide bonds. The van der Waals surface area contributed by atoms with Crippen molar-refractivity contribution in [1.82, 2.24) is 0 Å². The number of aliphatic carboxylic acids is 2. The van der Waals surface area contributed by atoms with E-state index in [1.165, 1.54) is 0 Å². The summed E-state index contributed by atoms with van der Waals surface area (Å²) >= 11 is 0. The molecule has 2 unspecified atom stereocenters. The second kappa shape index (κ2) is 2.48. The third-order valence-electron chi connectivity index (χ3n) is 3.84. The van der Waals surface area contributed by atoms with Gasteiger partial charge >= 0.3 is 11.9 Å². The SMILES string of the molecule is N[C@@]1(C(=O)O)CCCC12CC2C(=O)O. The zero-order valence-electron chi connectivity index (χ0n) is 7.69. The Bertz CT molecular complexity index is 316. The van der Waals surface area contributed by atoms with Gasteiger partial charge < -0.3 is 15.9 Å². The molecular formula is C9H13NO4. The number of hydrogen-bond acceptors (Lipinski definition) is 3. The molecule has 2 aliphatic carbocycles. The predicted molar refractivity (Wildman–Crippen MR) is 46.6 cm³/mol. The van der Waals surface area contributed by atoms with E-state index in [4.69, 9.17) is 15.9 Å². The Hall–Kier alpha value is -1.10. The van der Waals surface area contributed by atoms with E-state index in [9.17, 15) is 9.59 Å². The van der Waals surface area contributed by atoms with Gasteiger partial charge in [0.15, 0.2) is 0 Å². The van der Waals surface area contributed by atoms with E-state index in [0.717, 1.165) is 0 Å². The number of carboxylic acid groups (broad SMARTS) is 2. The summed E-state index contributed by atoms with van der Waals surface area (Å²) in [6.45, 7) is 0. The Morgan fingerprint density at radius 1 is 1.29 bits per heavy atom. The molecule has 0 aromatic heterocycles. The van der Waals surface area contributed by atoms with Crippen LogP contribution in [0.3, 0.4) is 0 Å².